The molecule has 2 aliphatic rings. The quantitative estimate of drug-likeness (QED) is 0.405. The van der Waals surface area contributed by atoms with Crippen molar-refractivity contribution in [3.05, 3.63) is 23.4 Å². The van der Waals surface area contributed by atoms with Gasteiger partial charge in [-0.05, 0) is 18.6 Å². The Morgan fingerprint density at radius 3 is 2.65 bits per heavy atom. The summed E-state index contributed by atoms with van der Waals surface area (Å²) in [4.78, 5) is 33.4. The van der Waals surface area contributed by atoms with E-state index in [1.807, 2.05) is 0 Å². The standard InChI is InChI=1S/C11H11NO5/c1-11(17-10(15)16-2)5-6-3-8(13)9(14)4-7(6)12-11/h3-4,12H,5H2,1-2H3. The Bertz CT molecular complexity index is 442. The van der Waals surface area contributed by atoms with E-state index in [1.54, 1.807) is 6.92 Å². The monoisotopic (exact) mass is 237 g/mol. The van der Waals surface area contributed by atoms with Gasteiger partial charge in [-0.15, -0.1) is 0 Å². The predicted molar refractivity (Wildman–Crippen MR) is 55.8 cm³/mol. The van der Waals surface area contributed by atoms with Crippen LogP contribution in [-0.4, -0.2) is 30.6 Å². The lowest BCUT2D eigenvalue weighted by Gasteiger charge is -2.23. The molecular weight excluding hydrogens is 226 g/mol. The van der Waals surface area contributed by atoms with Crippen LogP contribution in [0, 0.1) is 0 Å². The summed E-state index contributed by atoms with van der Waals surface area (Å²) in [5, 5.41) is 2.88. The molecular formula is C11H11NO5. The second kappa shape index (κ2) is 3.73. The van der Waals surface area contributed by atoms with E-state index >= 15 is 0 Å². The predicted octanol–water partition coefficient (Wildman–Crippen LogP) is 0.441. The molecule has 0 bridgehead atoms. The van der Waals surface area contributed by atoms with Crippen molar-refractivity contribution in [1.29, 1.82) is 0 Å². The summed E-state index contributed by atoms with van der Waals surface area (Å²) in [6.45, 7) is 1.64. The SMILES string of the molecule is COC(=O)OC1(C)CC2=CC(=O)C(=O)C=C2N1. The fourth-order valence-electron chi connectivity index (χ4n) is 1.84. The molecule has 1 heterocycles. The van der Waals surface area contributed by atoms with Crippen molar-refractivity contribution in [3.8, 4) is 0 Å². The molecule has 1 N–H and O–H groups in total. The third-order valence-corrected chi connectivity index (χ3v) is 2.57. The Kier molecular flexibility index (Phi) is 2.49. The molecule has 1 atom stereocenters. The number of hydrogen-bond donors (Lipinski definition) is 1. The summed E-state index contributed by atoms with van der Waals surface area (Å²) in [5.41, 5.74) is 0.178. The third kappa shape index (κ3) is 2.06. The van der Waals surface area contributed by atoms with E-state index in [9.17, 15) is 14.4 Å². The molecule has 1 aliphatic heterocycles. The van der Waals surface area contributed by atoms with E-state index in [-0.39, 0.29) is 0 Å². The number of ketones is 2. The Labute approximate surface area is 97.3 Å². The first-order valence-electron chi connectivity index (χ1n) is 4.99. The van der Waals surface area contributed by atoms with Crippen LogP contribution in [0.15, 0.2) is 23.4 Å². The van der Waals surface area contributed by atoms with Crippen LogP contribution in [0.4, 0.5) is 4.79 Å². The van der Waals surface area contributed by atoms with Gasteiger partial charge in [-0.3, -0.25) is 9.59 Å². The van der Waals surface area contributed by atoms with Gasteiger partial charge in [0, 0.05) is 18.2 Å². The minimum absolute atomic E-state index is 0.312. The fraction of sp³-hybridized carbons (Fsp3) is 0.364. The number of hydrogen-bond acceptors (Lipinski definition) is 6. The van der Waals surface area contributed by atoms with Gasteiger partial charge in [-0.2, -0.15) is 0 Å². The van der Waals surface area contributed by atoms with E-state index in [0.717, 1.165) is 0 Å². The third-order valence-electron chi connectivity index (χ3n) is 2.57. The maximum absolute atomic E-state index is 11.2. The van der Waals surface area contributed by atoms with Gasteiger partial charge in [0.15, 0.2) is 5.72 Å². The van der Waals surface area contributed by atoms with Gasteiger partial charge >= 0.3 is 6.16 Å². The highest BCUT2D eigenvalue weighted by Gasteiger charge is 2.40. The number of allylic oxidation sites excluding steroid dienone is 3. The van der Waals surface area contributed by atoms with Gasteiger partial charge in [0.1, 0.15) is 0 Å². The number of nitrogens with one attached hydrogen (secondary N) is 1. The normalized spacial score (nSPS) is 26.7. The molecule has 0 aromatic carbocycles. The smallest absolute Gasteiger partial charge is 0.438 e. The van der Waals surface area contributed by atoms with E-state index in [0.29, 0.717) is 17.7 Å². The molecule has 0 radical (unpaired) electrons. The van der Waals surface area contributed by atoms with Crippen molar-refractivity contribution < 1.29 is 23.9 Å². The van der Waals surface area contributed by atoms with Crippen LogP contribution >= 0.6 is 0 Å². The Hall–Kier alpha value is -2.11. The molecule has 0 saturated carbocycles. The highest BCUT2D eigenvalue weighted by Crippen LogP contribution is 2.33. The van der Waals surface area contributed by atoms with E-state index in [1.165, 1.54) is 19.3 Å². The lowest BCUT2D eigenvalue weighted by molar-refractivity contribution is -0.131. The highest BCUT2D eigenvalue weighted by molar-refractivity contribution is 6.46. The second-order valence-electron chi connectivity index (χ2n) is 4.04. The zero-order valence-electron chi connectivity index (χ0n) is 9.40. The van der Waals surface area contributed by atoms with Crippen LogP contribution in [0.3, 0.4) is 0 Å². The Balaban J connectivity index is 2.21. The summed E-state index contributed by atoms with van der Waals surface area (Å²) < 4.78 is 9.43. The fourth-order valence-corrected chi connectivity index (χ4v) is 1.84. The molecule has 1 fully saturated rings. The number of rotatable bonds is 1. The van der Waals surface area contributed by atoms with Crippen molar-refractivity contribution in [2.45, 2.75) is 19.1 Å². The maximum Gasteiger partial charge on any atom is 0.510 e. The van der Waals surface area contributed by atoms with Gasteiger partial charge < -0.3 is 14.8 Å². The molecule has 2 rings (SSSR count). The first-order valence-corrected chi connectivity index (χ1v) is 4.99. The van der Waals surface area contributed by atoms with Crippen LogP contribution < -0.4 is 5.32 Å². The summed E-state index contributed by atoms with van der Waals surface area (Å²) in [7, 11) is 1.21. The van der Waals surface area contributed by atoms with Crippen LogP contribution in [-0.2, 0) is 19.1 Å². The summed E-state index contributed by atoms with van der Waals surface area (Å²) >= 11 is 0. The molecule has 1 saturated heterocycles. The average molecular weight is 237 g/mol. The van der Waals surface area contributed by atoms with E-state index in [4.69, 9.17) is 4.74 Å². The number of methoxy groups -OCH3 is 1. The van der Waals surface area contributed by atoms with Gasteiger partial charge in [-0.1, -0.05) is 0 Å². The van der Waals surface area contributed by atoms with Crippen molar-refractivity contribution >= 4 is 17.7 Å². The van der Waals surface area contributed by atoms with Gasteiger partial charge in [0.2, 0.25) is 11.6 Å². The molecule has 0 aromatic heterocycles. The van der Waals surface area contributed by atoms with Crippen molar-refractivity contribution in [3.63, 3.8) is 0 Å². The average Bonchev–Trinajstić information content (AvgIpc) is 2.54. The first-order chi connectivity index (χ1) is 7.93. The number of carbonyl (C=O) groups excluding carboxylic acids is 3. The zero-order valence-corrected chi connectivity index (χ0v) is 9.40. The molecule has 1 unspecified atom stereocenters. The first kappa shape index (κ1) is 11.4. The van der Waals surface area contributed by atoms with Crippen LogP contribution in [0.5, 0.6) is 0 Å². The molecule has 0 aromatic rings. The molecule has 0 spiro atoms. The summed E-state index contributed by atoms with van der Waals surface area (Å²) in [6, 6.07) is 0. The largest absolute Gasteiger partial charge is 0.510 e. The topological polar surface area (TPSA) is 81.7 Å². The zero-order chi connectivity index (χ0) is 12.6. The number of fused-ring (bicyclic) bond motifs is 1. The summed E-state index contributed by atoms with van der Waals surface area (Å²) in [5.74, 6) is -1.15. The van der Waals surface area contributed by atoms with E-state index in [2.05, 4.69) is 10.1 Å². The molecule has 1 aliphatic carbocycles. The molecule has 6 heteroatoms. The van der Waals surface area contributed by atoms with Crippen molar-refractivity contribution in [1.82, 2.24) is 5.32 Å². The van der Waals surface area contributed by atoms with Crippen molar-refractivity contribution in [2.24, 2.45) is 0 Å². The maximum atomic E-state index is 11.2. The van der Waals surface area contributed by atoms with Crippen LogP contribution in [0.25, 0.3) is 0 Å². The molecule has 17 heavy (non-hydrogen) atoms. The minimum Gasteiger partial charge on any atom is -0.438 e. The van der Waals surface area contributed by atoms with Crippen LogP contribution in [0.1, 0.15) is 13.3 Å². The van der Waals surface area contributed by atoms with Gasteiger partial charge in [0.25, 0.3) is 0 Å². The highest BCUT2D eigenvalue weighted by atomic mass is 16.7. The lowest BCUT2D eigenvalue weighted by atomic mass is 10.0. The van der Waals surface area contributed by atoms with Crippen molar-refractivity contribution in [2.75, 3.05) is 7.11 Å². The minimum atomic E-state index is -0.990. The number of ether oxygens (including phenoxy) is 2. The molecule has 0 amide bonds. The van der Waals surface area contributed by atoms with Gasteiger partial charge in [-0.25, -0.2) is 4.79 Å². The second-order valence-corrected chi connectivity index (χ2v) is 4.04. The van der Waals surface area contributed by atoms with E-state index < -0.39 is 23.4 Å². The van der Waals surface area contributed by atoms with Gasteiger partial charge in [0.05, 0.1) is 7.11 Å². The Morgan fingerprint density at radius 1 is 1.35 bits per heavy atom. The van der Waals surface area contributed by atoms with Crippen LogP contribution in [0.2, 0.25) is 0 Å². The summed E-state index contributed by atoms with van der Waals surface area (Å²) in [6.07, 6.45) is 1.96. The molecule has 6 nitrogen and oxygen atoms in total. The lowest BCUT2D eigenvalue weighted by Crippen LogP contribution is -2.40. The Morgan fingerprint density at radius 2 is 2.00 bits per heavy atom. The molecule has 90 valence electrons. The number of carbonyl (C=O) groups is 3.